The highest BCUT2D eigenvalue weighted by molar-refractivity contribution is 5.51. The topological polar surface area (TPSA) is 60.7 Å². The van der Waals surface area contributed by atoms with E-state index >= 15 is 0 Å². The molecule has 0 bridgehead atoms. The normalized spacial score (nSPS) is 14.0. The van der Waals surface area contributed by atoms with Gasteiger partial charge in [-0.1, -0.05) is 48.1 Å². The van der Waals surface area contributed by atoms with Gasteiger partial charge in [0.25, 0.3) is 0 Å². The Bertz CT molecular complexity index is 836. The molecule has 30 heavy (non-hydrogen) atoms. The molecule has 0 unspecified atom stereocenters. The number of phenolic OH excluding ortho intramolecular Hbond substituents is 2. The summed E-state index contributed by atoms with van der Waals surface area (Å²) < 4.78 is 0. The number of hydrogen-bond acceptors (Lipinski definition) is 3. The van der Waals surface area contributed by atoms with Crippen LogP contribution < -0.4 is 0 Å². The van der Waals surface area contributed by atoms with Crippen LogP contribution >= 0.6 is 0 Å². The van der Waals surface area contributed by atoms with Crippen molar-refractivity contribution in [3.63, 3.8) is 0 Å². The van der Waals surface area contributed by atoms with Gasteiger partial charge >= 0.3 is 0 Å². The molecular weight excluding hydrogens is 372 g/mol. The van der Waals surface area contributed by atoms with E-state index in [2.05, 4.69) is 18.7 Å². The zero-order valence-electron chi connectivity index (χ0n) is 18.7. The number of allylic oxidation sites excluding steroid dienone is 3. The van der Waals surface area contributed by atoms with Crippen molar-refractivity contribution in [2.45, 2.75) is 64.9 Å². The molecule has 3 heteroatoms. The van der Waals surface area contributed by atoms with E-state index in [1.54, 1.807) is 26.0 Å². The number of aromatic hydroxyl groups is 2. The Morgan fingerprint density at radius 3 is 2.10 bits per heavy atom. The van der Waals surface area contributed by atoms with Gasteiger partial charge in [-0.3, -0.25) is 0 Å². The molecule has 2 rings (SSSR count). The number of aliphatic hydroxyl groups is 1. The summed E-state index contributed by atoms with van der Waals surface area (Å²) in [4.78, 5) is 0. The molecule has 0 radical (unpaired) electrons. The summed E-state index contributed by atoms with van der Waals surface area (Å²) in [5, 5.41) is 32.6. The molecule has 3 N–H and O–H groups in total. The SMILES string of the molecule is C=C(C)CC[C@@H]([C@@H](/C=C/C)c1c(O)cc(CCc2ccccc2)cc1O)C(C)(C)O. The van der Waals surface area contributed by atoms with Gasteiger partial charge < -0.3 is 15.3 Å². The van der Waals surface area contributed by atoms with Gasteiger partial charge in [0, 0.05) is 11.5 Å². The number of aryl methyl sites for hydroxylation is 2. The summed E-state index contributed by atoms with van der Waals surface area (Å²) in [6.07, 6.45) is 6.92. The third kappa shape index (κ3) is 6.50. The lowest BCUT2D eigenvalue weighted by molar-refractivity contribution is 0.00650. The van der Waals surface area contributed by atoms with Gasteiger partial charge in [0.1, 0.15) is 11.5 Å². The minimum Gasteiger partial charge on any atom is -0.507 e. The molecule has 0 amide bonds. The van der Waals surface area contributed by atoms with Crippen molar-refractivity contribution in [3.8, 4) is 11.5 Å². The van der Waals surface area contributed by atoms with Crippen LogP contribution in [-0.2, 0) is 12.8 Å². The van der Waals surface area contributed by atoms with Crippen LogP contribution in [-0.4, -0.2) is 20.9 Å². The quantitative estimate of drug-likeness (QED) is 0.405. The monoisotopic (exact) mass is 408 g/mol. The maximum Gasteiger partial charge on any atom is 0.123 e. The highest BCUT2D eigenvalue weighted by Crippen LogP contribution is 2.45. The van der Waals surface area contributed by atoms with Crippen LogP contribution in [0.2, 0.25) is 0 Å². The lowest BCUT2D eigenvalue weighted by Gasteiger charge is -2.36. The molecule has 2 atom stereocenters. The summed E-state index contributed by atoms with van der Waals surface area (Å²) in [6.45, 7) is 11.4. The third-order valence-electron chi connectivity index (χ3n) is 5.70. The lowest BCUT2D eigenvalue weighted by atomic mass is 9.73. The van der Waals surface area contributed by atoms with E-state index in [1.165, 1.54) is 5.56 Å². The first-order valence-corrected chi connectivity index (χ1v) is 10.7. The molecule has 3 nitrogen and oxygen atoms in total. The van der Waals surface area contributed by atoms with Gasteiger partial charge in [0.05, 0.1) is 5.60 Å². The average Bonchev–Trinajstić information content (AvgIpc) is 2.65. The molecule has 0 aliphatic heterocycles. The van der Waals surface area contributed by atoms with E-state index in [9.17, 15) is 15.3 Å². The Kier molecular flexibility index (Phi) is 8.31. The summed E-state index contributed by atoms with van der Waals surface area (Å²) in [6, 6.07) is 13.7. The van der Waals surface area contributed by atoms with Crippen molar-refractivity contribution >= 4 is 0 Å². The van der Waals surface area contributed by atoms with Crippen LogP contribution in [0.15, 0.2) is 66.8 Å². The standard InChI is InChI=1S/C27H36O3/c1-6-10-22(23(27(4,5)30)16-13-19(2)3)26-24(28)17-21(18-25(26)29)15-14-20-11-8-7-9-12-20/h6-12,17-18,22-23,28-30H,2,13-16H2,1,3-5H3/b10-6+/t22-,23+/m1/s1. The smallest absolute Gasteiger partial charge is 0.123 e. The second-order valence-corrected chi connectivity index (χ2v) is 8.84. The first-order chi connectivity index (χ1) is 14.1. The molecule has 0 saturated carbocycles. The van der Waals surface area contributed by atoms with Gasteiger partial charge in [-0.2, -0.15) is 0 Å². The Morgan fingerprint density at radius 2 is 1.60 bits per heavy atom. The van der Waals surface area contributed by atoms with Crippen LogP contribution in [0.4, 0.5) is 0 Å². The zero-order valence-corrected chi connectivity index (χ0v) is 18.7. The van der Waals surface area contributed by atoms with Crippen LogP contribution in [0.25, 0.3) is 0 Å². The third-order valence-corrected chi connectivity index (χ3v) is 5.70. The Hall–Kier alpha value is -2.52. The fraction of sp³-hybridized carbons (Fsp3) is 0.407. The molecule has 0 fully saturated rings. The van der Waals surface area contributed by atoms with Crippen molar-refractivity contribution in [1.82, 2.24) is 0 Å². The number of hydrogen-bond donors (Lipinski definition) is 3. The molecule has 0 saturated heterocycles. The van der Waals surface area contributed by atoms with Crippen LogP contribution in [0.5, 0.6) is 11.5 Å². The van der Waals surface area contributed by atoms with E-state index in [4.69, 9.17) is 0 Å². The molecule has 0 aliphatic carbocycles. The minimum atomic E-state index is -0.982. The second kappa shape index (κ2) is 10.5. The molecule has 0 spiro atoms. The largest absolute Gasteiger partial charge is 0.507 e. The van der Waals surface area contributed by atoms with Crippen LogP contribution in [0, 0.1) is 5.92 Å². The molecule has 162 valence electrons. The predicted molar refractivity (Wildman–Crippen MR) is 125 cm³/mol. The van der Waals surface area contributed by atoms with Crippen molar-refractivity contribution < 1.29 is 15.3 Å². The van der Waals surface area contributed by atoms with E-state index in [0.717, 1.165) is 30.4 Å². The molecular formula is C27H36O3. The fourth-order valence-electron chi connectivity index (χ4n) is 4.11. The number of benzene rings is 2. The molecule has 2 aromatic carbocycles. The average molecular weight is 409 g/mol. The predicted octanol–water partition coefficient (Wildman–Crippen LogP) is 6.29. The fourth-order valence-corrected chi connectivity index (χ4v) is 4.11. The summed E-state index contributed by atoms with van der Waals surface area (Å²) in [5.74, 6) is -0.341. The van der Waals surface area contributed by atoms with E-state index in [1.807, 2.05) is 44.2 Å². The molecule has 0 aliphatic rings. The van der Waals surface area contributed by atoms with Crippen molar-refractivity contribution in [3.05, 3.63) is 83.5 Å². The van der Waals surface area contributed by atoms with Crippen molar-refractivity contribution in [2.24, 2.45) is 5.92 Å². The minimum absolute atomic E-state index is 0.0748. The van der Waals surface area contributed by atoms with E-state index in [-0.39, 0.29) is 23.3 Å². The second-order valence-electron chi connectivity index (χ2n) is 8.84. The van der Waals surface area contributed by atoms with Crippen molar-refractivity contribution in [2.75, 3.05) is 0 Å². The van der Waals surface area contributed by atoms with Gasteiger partial charge in [0.2, 0.25) is 0 Å². The maximum atomic E-state index is 10.9. The van der Waals surface area contributed by atoms with Gasteiger partial charge in [-0.15, -0.1) is 6.58 Å². The van der Waals surface area contributed by atoms with E-state index in [0.29, 0.717) is 12.0 Å². The van der Waals surface area contributed by atoms with Gasteiger partial charge in [0.15, 0.2) is 0 Å². The Balaban J connectivity index is 2.35. The highest BCUT2D eigenvalue weighted by Gasteiger charge is 2.35. The van der Waals surface area contributed by atoms with E-state index < -0.39 is 5.60 Å². The first-order valence-electron chi connectivity index (χ1n) is 10.7. The molecule has 0 heterocycles. The Labute approximate surface area is 181 Å². The highest BCUT2D eigenvalue weighted by atomic mass is 16.3. The van der Waals surface area contributed by atoms with Crippen LogP contribution in [0.3, 0.4) is 0 Å². The molecule has 2 aromatic rings. The molecule has 0 aromatic heterocycles. The number of rotatable bonds is 10. The lowest BCUT2D eigenvalue weighted by Crippen LogP contribution is -2.35. The maximum absolute atomic E-state index is 10.9. The summed E-state index contributed by atoms with van der Waals surface area (Å²) in [5.41, 5.74) is 2.65. The van der Waals surface area contributed by atoms with Crippen LogP contribution in [0.1, 0.15) is 63.1 Å². The Morgan fingerprint density at radius 1 is 1.03 bits per heavy atom. The van der Waals surface area contributed by atoms with Gasteiger partial charge in [-0.25, -0.2) is 0 Å². The first kappa shape index (κ1) is 23.8. The number of phenols is 2. The zero-order chi connectivity index (χ0) is 22.3. The van der Waals surface area contributed by atoms with Crippen molar-refractivity contribution in [1.29, 1.82) is 0 Å². The summed E-state index contributed by atoms with van der Waals surface area (Å²) >= 11 is 0. The summed E-state index contributed by atoms with van der Waals surface area (Å²) in [7, 11) is 0. The van der Waals surface area contributed by atoms with Gasteiger partial charge in [-0.05, 0) is 82.6 Å².